The van der Waals surface area contributed by atoms with Gasteiger partial charge in [-0.3, -0.25) is 4.79 Å². The van der Waals surface area contributed by atoms with E-state index in [1.807, 2.05) is 18.2 Å². The van der Waals surface area contributed by atoms with Gasteiger partial charge >= 0.3 is 0 Å². The van der Waals surface area contributed by atoms with Crippen molar-refractivity contribution >= 4 is 29.3 Å². The van der Waals surface area contributed by atoms with Crippen LogP contribution in [0.25, 0.3) is 6.08 Å². The van der Waals surface area contributed by atoms with Crippen LogP contribution in [0.1, 0.15) is 12.5 Å². The fourth-order valence-corrected chi connectivity index (χ4v) is 3.82. The molecular formula is C22H23ClN2O4. The summed E-state index contributed by atoms with van der Waals surface area (Å²) in [5.74, 6) is 1.88. The number of para-hydroxylation sites is 2. The van der Waals surface area contributed by atoms with Crippen LogP contribution in [0.2, 0.25) is 5.02 Å². The monoisotopic (exact) mass is 414 g/mol. The summed E-state index contributed by atoms with van der Waals surface area (Å²) in [6.07, 6.45) is 3.16. The largest absolute Gasteiger partial charge is 0.485 e. The SMILES string of the molecule is CCN1C[C@@H](CN(C)C(=O)/C=C/c2cc(Cl)c3c(c2)OCO3)Oc2ccccc21. The van der Waals surface area contributed by atoms with E-state index in [1.54, 1.807) is 30.2 Å². The Balaban J connectivity index is 1.40. The number of carbonyl (C=O) groups excluding carboxylic acids is 1. The summed E-state index contributed by atoms with van der Waals surface area (Å²) in [6, 6.07) is 11.5. The van der Waals surface area contributed by atoms with Crippen LogP contribution in [0, 0.1) is 0 Å². The van der Waals surface area contributed by atoms with Gasteiger partial charge in [0.15, 0.2) is 11.5 Å². The van der Waals surface area contributed by atoms with Crippen molar-refractivity contribution < 1.29 is 19.0 Å². The number of rotatable bonds is 5. The standard InChI is InChI=1S/C22H23ClN2O4/c1-3-25-13-16(29-19-7-5-4-6-18(19)25)12-24(2)21(26)9-8-15-10-17(23)22-20(11-15)27-14-28-22/h4-11,16H,3,12-14H2,1-2H3/b9-8+/t16-/m1/s1. The summed E-state index contributed by atoms with van der Waals surface area (Å²) in [5, 5.41) is 0.467. The van der Waals surface area contributed by atoms with Crippen molar-refractivity contribution in [2.75, 3.05) is 38.4 Å². The summed E-state index contributed by atoms with van der Waals surface area (Å²) in [4.78, 5) is 16.5. The molecule has 2 aromatic carbocycles. The van der Waals surface area contributed by atoms with Crippen LogP contribution in [0.5, 0.6) is 17.2 Å². The molecule has 0 radical (unpaired) electrons. The van der Waals surface area contributed by atoms with E-state index in [0.29, 0.717) is 23.1 Å². The van der Waals surface area contributed by atoms with E-state index in [2.05, 4.69) is 17.9 Å². The van der Waals surface area contributed by atoms with Crippen LogP contribution < -0.4 is 19.1 Å². The summed E-state index contributed by atoms with van der Waals surface area (Å²) in [6.45, 7) is 4.40. The van der Waals surface area contributed by atoms with Gasteiger partial charge in [-0.2, -0.15) is 0 Å². The first-order chi connectivity index (χ1) is 14.0. The maximum Gasteiger partial charge on any atom is 0.246 e. The minimum absolute atomic E-state index is 0.0906. The number of carbonyl (C=O) groups is 1. The predicted molar refractivity (Wildman–Crippen MR) is 113 cm³/mol. The number of fused-ring (bicyclic) bond motifs is 2. The average molecular weight is 415 g/mol. The van der Waals surface area contributed by atoms with E-state index in [1.165, 1.54) is 6.08 Å². The lowest BCUT2D eigenvalue weighted by atomic mass is 10.1. The van der Waals surface area contributed by atoms with Gasteiger partial charge in [0, 0.05) is 19.7 Å². The van der Waals surface area contributed by atoms with Crippen molar-refractivity contribution in [2.24, 2.45) is 0 Å². The zero-order chi connectivity index (χ0) is 20.4. The zero-order valence-electron chi connectivity index (χ0n) is 16.4. The molecule has 0 bridgehead atoms. The van der Waals surface area contributed by atoms with Crippen molar-refractivity contribution in [3.63, 3.8) is 0 Å². The summed E-state index contributed by atoms with van der Waals surface area (Å²) in [7, 11) is 1.78. The number of halogens is 1. The van der Waals surface area contributed by atoms with Crippen LogP contribution in [0.15, 0.2) is 42.5 Å². The highest BCUT2D eigenvalue weighted by molar-refractivity contribution is 6.32. The Labute approximate surface area is 175 Å². The molecule has 1 atom stereocenters. The second-order valence-corrected chi connectivity index (χ2v) is 7.44. The molecule has 4 rings (SSSR count). The molecule has 0 saturated heterocycles. The van der Waals surface area contributed by atoms with Crippen LogP contribution in [-0.2, 0) is 4.79 Å². The lowest BCUT2D eigenvalue weighted by Crippen LogP contribution is -2.46. The zero-order valence-corrected chi connectivity index (χ0v) is 17.2. The Kier molecular flexibility index (Phi) is 5.53. The normalized spacial score (nSPS) is 17.2. The Morgan fingerprint density at radius 2 is 2.10 bits per heavy atom. The third-order valence-electron chi connectivity index (χ3n) is 5.03. The number of hydrogen-bond donors (Lipinski definition) is 0. The highest BCUT2D eigenvalue weighted by Crippen LogP contribution is 2.40. The first kappa shape index (κ1) is 19.5. The molecular weight excluding hydrogens is 392 g/mol. The van der Waals surface area contributed by atoms with Crippen molar-refractivity contribution in [1.29, 1.82) is 0 Å². The number of nitrogens with zero attached hydrogens (tertiary/aromatic N) is 2. The molecule has 0 fully saturated rings. The highest BCUT2D eigenvalue weighted by Gasteiger charge is 2.26. The number of benzene rings is 2. The quantitative estimate of drug-likeness (QED) is 0.696. The second-order valence-electron chi connectivity index (χ2n) is 7.03. The summed E-state index contributed by atoms with van der Waals surface area (Å²) < 4.78 is 16.8. The molecule has 2 aliphatic heterocycles. The number of hydrogen-bond acceptors (Lipinski definition) is 5. The van der Waals surface area contributed by atoms with Gasteiger partial charge in [-0.1, -0.05) is 23.7 Å². The molecule has 29 heavy (non-hydrogen) atoms. The van der Waals surface area contributed by atoms with Crippen LogP contribution in [0.4, 0.5) is 5.69 Å². The third-order valence-corrected chi connectivity index (χ3v) is 5.31. The molecule has 0 N–H and O–H groups in total. The second kappa shape index (κ2) is 8.25. The first-order valence-electron chi connectivity index (χ1n) is 9.58. The molecule has 0 aliphatic carbocycles. The summed E-state index contributed by atoms with van der Waals surface area (Å²) >= 11 is 6.19. The number of ether oxygens (including phenoxy) is 3. The van der Waals surface area contributed by atoms with Gasteiger partial charge in [0.2, 0.25) is 12.7 Å². The van der Waals surface area contributed by atoms with Gasteiger partial charge in [-0.25, -0.2) is 0 Å². The Bertz CT molecular complexity index is 946. The Morgan fingerprint density at radius 1 is 1.28 bits per heavy atom. The maximum atomic E-state index is 12.6. The molecule has 0 unspecified atom stereocenters. The van der Waals surface area contributed by atoms with E-state index in [-0.39, 0.29) is 18.8 Å². The molecule has 0 spiro atoms. The number of amides is 1. The first-order valence-corrected chi connectivity index (χ1v) is 9.96. The van der Waals surface area contributed by atoms with Crippen LogP contribution >= 0.6 is 11.6 Å². The fraction of sp³-hybridized carbons (Fsp3) is 0.318. The maximum absolute atomic E-state index is 12.6. The number of anilines is 1. The van der Waals surface area contributed by atoms with E-state index >= 15 is 0 Å². The lowest BCUT2D eigenvalue weighted by molar-refractivity contribution is -0.125. The molecule has 152 valence electrons. The van der Waals surface area contributed by atoms with Gasteiger partial charge in [-0.15, -0.1) is 0 Å². The molecule has 1 amide bonds. The molecule has 2 heterocycles. The van der Waals surface area contributed by atoms with E-state index in [4.69, 9.17) is 25.8 Å². The highest BCUT2D eigenvalue weighted by atomic mass is 35.5. The minimum Gasteiger partial charge on any atom is -0.485 e. The van der Waals surface area contributed by atoms with Crippen molar-refractivity contribution in [3.05, 3.63) is 53.1 Å². The van der Waals surface area contributed by atoms with Gasteiger partial charge in [0.25, 0.3) is 0 Å². The van der Waals surface area contributed by atoms with E-state index in [0.717, 1.165) is 30.1 Å². The third kappa shape index (κ3) is 4.12. The molecule has 0 aromatic heterocycles. The fourth-order valence-electron chi connectivity index (χ4n) is 3.55. The van der Waals surface area contributed by atoms with Gasteiger partial charge in [0.1, 0.15) is 11.9 Å². The van der Waals surface area contributed by atoms with Gasteiger partial charge in [0.05, 0.1) is 23.8 Å². The van der Waals surface area contributed by atoms with Crippen molar-refractivity contribution in [3.8, 4) is 17.2 Å². The van der Waals surface area contributed by atoms with Crippen LogP contribution in [-0.4, -0.2) is 50.4 Å². The molecule has 7 heteroatoms. The van der Waals surface area contributed by atoms with Gasteiger partial charge < -0.3 is 24.0 Å². The molecule has 6 nitrogen and oxygen atoms in total. The Hall–Kier alpha value is -2.86. The van der Waals surface area contributed by atoms with Gasteiger partial charge in [-0.05, 0) is 42.8 Å². The molecule has 2 aromatic rings. The topological polar surface area (TPSA) is 51.2 Å². The average Bonchev–Trinajstić information content (AvgIpc) is 3.20. The summed E-state index contributed by atoms with van der Waals surface area (Å²) in [5.41, 5.74) is 1.88. The van der Waals surface area contributed by atoms with Crippen LogP contribution in [0.3, 0.4) is 0 Å². The minimum atomic E-state index is -0.107. The Morgan fingerprint density at radius 3 is 2.93 bits per heavy atom. The smallest absolute Gasteiger partial charge is 0.246 e. The van der Waals surface area contributed by atoms with Crippen molar-refractivity contribution in [1.82, 2.24) is 4.90 Å². The number of likely N-dealkylation sites (N-methyl/N-ethyl adjacent to an activating group) is 2. The predicted octanol–water partition coefficient (Wildman–Crippen LogP) is 3.83. The molecule has 0 saturated carbocycles. The molecule has 2 aliphatic rings. The lowest BCUT2D eigenvalue weighted by Gasteiger charge is -2.37. The van der Waals surface area contributed by atoms with Crippen molar-refractivity contribution in [2.45, 2.75) is 13.0 Å². The van der Waals surface area contributed by atoms with E-state index in [9.17, 15) is 4.79 Å². The van der Waals surface area contributed by atoms with E-state index < -0.39 is 0 Å².